The number of nitrogens with two attached hydrogens (primary N) is 1. The first-order valence-corrected chi connectivity index (χ1v) is 4.06. The number of aryl methyl sites for hydroxylation is 1. The Kier molecular flexibility index (Phi) is 6.48. The van der Waals surface area contributed by atoms with E-state index in [1.807, 2.05) is 0 Å². The predicted molar refractivity (Wildman–Crippen MR) is 51.5 cm³/mol. The summed E-state index contributed by atoms with van der Waals surface area (Å²) >= 11 is 0. The number of nitrogens with zero attached hydrogens (tertiary/aromatic N) is 3. The summed E-state index contributed by atoms with van der Waals surface area (Å²) in [6, 6.07) is 0. The maximum Gasteiger partial charge on any atom is 0.108 e. The zero-order valence-corrected chi connectivity index (χ0v) is 8.20. The van der Waals surface area contributed by atoms with E-state index in [0.717, 1.165) is 19.4 Å². The lowest BCUT2D eigenvalue weighted by Gasteiger charge is -1.96. The summed E-state index contributed by atoms with van der Waals surface area (Å²) in [6.45, 7) is 1.49. The van der Waals surface area contributed by atoms with Crippen LogP contribution in [-0.4, -0.2) is 26.6 Å². The predicted octanol–water partition coefficient (Wildman–Crippen LogP) is -0.0689. The minimum atomic E-state index is -0.0448. The molecule has 6 heteroatoms. The van der Waals surface area contributed by atoms with Gasteiger partial charge < -0.3 is 10.8 Å². The van der Waals surface area contributed by atoms with Gasteiger partial charge in [-0.25, -0.2) is 0 Å². The number of hydrogen-bond donors (Lipinski definition) is 2. The molecular formula is C7H15ClN4O. The highest BCUT2D eigenvalue weighted by Gasteiger charge is 1.97. The summed E-state index contributed by atoms with van der Waals surface area (Å²) in [4.78, 5) is 0. The molecule has 13 heavy (non-hydrogen) atoms. The molecule has 1 aromatic heterocycles. The number of hydrogen-bond acceptors (Lipinski definition) is 4. The van der Waals surface area contributed by atoms with E-state index in [2.05, 4.69) is 10.3 Å². The number of unbranched alkanes of at least 4 members (excludes halogenated alkanes) is 1. The van der Waals surface area contributed by atoms with E-state index in [0.29, 0.717) is 12.2 Å². The van der Waals surface area contributed by atoms with E-state index < -0.39 is 0 Å². The Labute approximate surface area is 83.3 Å². The van der Waals surface area contributed by atoms with Crippen molar-refractivity contribution in [1.29, 1.82) is 0 Å². The van der Waals surface area contributed by atoms with Crippen LogP contribution in [0, 0.1) is 0 Å². The molecule has 0 amide bonds. The van der Waals surface area contributed by atoms with Crippen molar-refractivity contribution in [1.82, 2.24) is 15.0 Å². The molecule has 3 N–H and O–H groups in total. The van der Waals surface area contributed by atoms with Gasteiger partial charge in [-0.15, -0.1) is 17.5 Å². The van der Waals surface area contributed by atoms with Gasteiger partial charge in [0.05, 0.1) is 12.8 Å². The first kappa shape index (κ1) is 12.3. The molecule has 1 rings (SSSR count). The van der Waals surface area contributed by atoms with Crippen molar-refractivity contribution in [3.63, 3.8) is 0 Å². The second-order valence-electron chi connectivity index (χ2n) is 2.63. The third kappa shape index (κ3) is 4.21. The number of aromatic nitrogens is 3. The van der Waals surface area contributed by atoms with Crippen LogP contribution in [0.15, 0.2) is 6.20 Å². The van der Waals surface area contributed by atoms with Gasteiger partial charge in [0, 0.05) is 6.54 Å². The molecule has 1 heterocycles. The summed E-state index contributed by atoms with van der Waals surface area (Å²) in [5, 5.41) is 16.3. The highest BCUT2D eigenvalue weighted by molar-refractivity contribution is 5.85. The van der Waals surface area contributed by atoms with Gasteiger partial charge in [0.1, 0.15) is 5.69 Å². The molecule has 0 fully saturated rings. The molecule has 0 aliphatic heterocycles. The normalized spacial score (nSPS) is 9.69. The smallest absolute Gasteiger partial charge is 0.108 e. The third-order valence-electron chi connectivity index (χ3n) is 1.59. The molecule has 0 atom stereocenters. The summed E-state index contributed by atoms with van der Waals surface area (Å²) in [6.07, 6.45) is 3.75. The standard InChI is InChI=1S/C7H14N4O.ClH/c8-3-1-2-4-11-5-7(6-12)9-10-11;/h5,12H,1-4,6,8H2;1H. The molecular weight excluding hydrogens is 192 g/mol. The van der Waals surface area contributed by atoms with Gasteiger partial charge in [0.15, 0.2) is 0 Å². The topological polar surface area (TPSA) is 77.0 Å². The third-order valence-corrected chi connectivity index (χ3v) is 1.59. The molecule has 5 nitrogen and oxygen atoms in total. The SMILES string of the molecule is Cl.NCCCCn1cc(CO)nn1. The first-order chi connectivity index (χ1) is 5.86. The quantitative estimate of drug-likeness (QED) is 0.662. The van der Waals surface area contributed by atoms with Crippen molar-refractivity contribution in [3.05, 3.63) is 11.9 Å². The van der Waals surface area contributed by atoms with Crippen LogP contribution in [0.5, 0.6) is 0 Å². The minimum Gasteiger partial charge on any atom is -0.390 e. The molecule has 0 spiro atoms. The minimum absolute atomic E-state index is 0. The van der Waals surface area contributed by atoms with Gasteiger partial charge in [-0.3, -0.25) is 4.68 Å². The van der Waals surface area contributed by atoms with Gasteiger partial charge in [-0.05, 0) is 19.4 Å². The van der Waals surface area contributed by atoms with Crippen molar-refractivity contribution >= 4 is 12.4 Å². The zero-order valence-electron chi connectivity index (χ0n) is 7.39. The average molecular weight is 207 g/mol. The molecule has 76 valence electrons. The van der Waals surface area contributed by atoms with Crippen LogP contribution in [0.25, 0.3) is 0 Å². The summed E-state index contributed by atoms with van der Waals surface area (Å²) < 4.78 is 1.72. The average Bonchev–Trinajstić information content (AvgIpc) is 2.53. The van der Waals surface area contributed by atoms with Gasteiger partial charge in [0.25, 0.3) is 0 Å². The van der Waals surface area contributed by atoms with Crippen LogP contribution in [0.4, 0.5) is 0 Å². The Balaban J connectivity index is 0.00000144. The van der Waals surface area contributed by atoms with E-state index in [9.17, 15) is 0 Å². The van der Waals surface area contributed by atoms with E-state index in [-0.39, 0.29) is 19.0 Å². The molecule has 0 unspecified atom stereocenters. The molecule has 0 aliphatic rings. The van der Waals surface area contributed by atoms with Gasteiger partial charge >= 0.3 is 0 Å². The van der Waals surface area contributed by atoms with E-state index >= 15 is 0 Å². The zero-order chi connectivity index (χ0) is 8.81. The number of halogens is 1. The largest absolute Gasteiger partial charge is 0.390 e. The molecule has 0 bridgehead atoms. The highest BCUT2D eigenvalue weighted by Crippen LogP contribution is 1.95. The lowest BCUT2D eigenvalue weighted by Crippen LogP contribution is -2.03. The van der Waals surface area contributed by atoms with E-state index in [4.69, 9.17) is 10.8 Å². The Morgan fingerprint density at radius 3 is 2.77 bits per heavy atom. The Morgan fingerprint density at radius 1 is 1.46 bits per heavy atom. The fourth-order valence-electron chi connectivity index (χ4n) is 0.938. The van der Waals surface area contributed by atoms with Gasteiger partial charge in [-0.1, -0.05) is 5.21 Å². The molecule has 0 aliphatic carbocycles. The second kappa shape index (κ2) is 6.82. The number of aliphatic hydroxyl groups excluding tert-OH is 1. The Bertz CT molecular complexity index is 228. The number of aliphatic hydroxyl groups is 1. The Hall–Kier alpha value is -0.650. The van der Waals surface area contributed by atoms with Crippen molar-refractivity contribution in [2.75, 3.05) is 6.54 Å². The van der Waals surface area contributed by atoms with Crippen LogP contribution >= 0.6 is 12.4 Å². The van der Waals surface area contributed by atoms with Crippen molar-refractivity contribution in [3.8, 4) is 0 Å². The fourth-order valence-corrected chi connectivity index (χ4v) is 0.938. The molecule has 0 radical (unpaired) electrons. The van der Waals surface area contributed by atoms with Crippen molar-refractivity contribution in [2.24, 2.45) is 5.73 Å². The maximum absolute atomic E-state index is 8.69. The molecule has 0 aromatic carbocycles. The van der Waals surface area contributed by atoms with Crippen LogP contribution in [0.3, 0.4) is 0 Å². The second-order valence-corrected chi connectivity index (χ2v) is 2.63. The van der Waals surface area contributed by atoms with Gasteiger partial charge in [-0.2, -0.15) is 0 Å². The van der Waals surface area contributed by atoms with Crippen molar-refractivity contribution in [2.45, 2.75) is 26.0 Å². The lowest BCUT2D eigenvalue weighted by atomic mass is 10.3. The summed E-state index contributed by atoms with van der Waals surface area (Å²) in [5.41, 5.74) is 5.95. The highest BCUT2D eigenvalue weighted by atomic mass is 35.5. The lowest BCUT2D eigenvalue weighted by molar-refractivity contribution is 0.276. The van der Waals surface area contributed by atoms with Crippen LogP contribution in [0.2, 0.25) is 0 Å². The van der Waals surface area contributed by atoms with E-state index in [1.54, 1.807) is 10.9 Å². The summed E-state index contributed by atoms with van der Waals surface area (Å²) in [7, 11) is 0. The maximum atomic E-state index is 8.69. The van der Waals surface area contributed by atoms with Crippen LogP contribution in [0.1, 0.15) is 18.5 Å². The first-order valence-electron chi connectivity index (χ1n) is 4.06. The van der Waals surface area contributed by atoms with Crippen molar-refractivity contribution < 1.29 is 5.11 Å². The Morgan fingerprint density at radius 2 is 2.23 bits per heavy atom. The molecule has 0 saturated carbocycles. The number of rotatable bonds is 5. The van der Waals surface area contributed by atoms with Crippen LogP contribution < -0.4 is 5.73 Å². The van der Waals surface area contributed by atoms with Gasteiger partial charge in [0.2, 0.25) is 0 Å². The monoisotopic (exact) mass is 206 g/mol. The molecule has 1 aromatic rings. The van der Waals surface area contributed by atoms with E-state index in [1.165, 1.54) is 0 Å². The fraction of sp³-hybridized carbons (Fsp3) is 0.714. The summed E-state index contributed by atoms with van der Waals surface area (Å²) in [5.74, 6) is 0. The molecule has 0 saturated heterocycles. The van der Waals surface area contributed by atoms with Crippen LogP contribution in [-0.2, 0) is 13.2 Å².